The zero-order valence-corrected chi connectivity index (χ0v) is 74.8. The number of cyclic esters (lactones) is 2. The predicted octanol–water partition coefficient (Wildman–Crippen LogP) is 13.6. The summed E-state index contributed by atoms with van der Waals surface area (Å²) in [5.74, 6) is -4.19. The summed E-state index contributed by atoms with van der Waals surface area (Å²) in [4.78, 5) is 121. The zero-order valence-electron chi connectivity index (χ0n) is 71.8. The summed E-state index contributed by atoms with van der Waals surface area (Å²) in [6, 6.07) is 20.8. The van der Waals surface area contributed by atoms with Crippen molar-refractivity contribution in [2.45, 2.75) is 69.9 Å². The quantitative estimate of drug-likeness (QED) is 0.0262. The molecule has 4 fully saturated rings. The Labute approximate surface area is 803 Å². The Kier molecular flexibility index (Phi) is 27.2. The number of aromatic nitrogens is 22. The van der Waals surface area contributed by atoms with Crippen LogP contribution in [0.2, 0.25) is 20.1 Å². The van der Waals surface area contributed by atoms with E-state index in [0.717, 1.165) is 0 Å². The van der Waals surface area contributed by atoms with Crippen molar-refractivity contribution in [2.24, 2.45) is 7.05 Å². The largest absolute Gasteiger partial charge is 0.464 e. The smallest absolute Gasteiger partial charge is 0.387 e. The molecule has 21 rings (SSSR count). The molecule has 0 saturated carbocycles. The Hall–Kier alpha value is -16.7. The van der Waals surface area contributed by atoms with Crippen LogP contribution in [0.5, 0.6) is 23.0 Å². The SMILES string of the molecule is Cn1[nH]cc(-n2cc(NC(=O)c3cnn4cccnc34)c(-c3cc(Cl)ccc3OC(F)F)n2)c1=O.O=C(Nc1cn(C2CCOC2=O)nc1-c1cc(Cl)ccc1OC(F)F)c1cnn2cccnc12.O=C(Nc1cn([C@@H]2CCN(C3COC3)C2=O)nc1-c1cc(Cl)ccc1OC(F)F)c1cnn2cccnc12.O=C(Nc1cn([C@H]2CCOC2=O)nc1-c1cc(Cl)ccc1OC(F)F)c1cnn2cccnc12. The first kappa shape index (κ1) is 94.6. The number of ether oxygens (including phenoxy) is 7. The van der Waals surface area contributed by atoms with Crippen molar-refractivity contribution in [3.8, 4) is 73.7 Å². The molecule has 4 saturated heterocycles. The second kappa shape index (κ2) is 40.5. The first-order valence-electron chi connectivity index (χ1n) is 41.7. The normalized spacial score (nSPS) is 15.2. The lowest BCUT2D eigenvalue weighted by atomic mass is 10.1. The number of rotatable bonds is 25. The van der Waals surface area contributed by atoms with Crippen LogP contribution in [0.3, 0.4) is 0 Å². The molecule has 4 aliphatic rings. The molecule has 0 spiro atoms. The van der Waals surface area contributed by atoms with Crippen LogP contribution < -0.4 is 45.8 Å². The van der Waals surface area contributed by atoms with Gasteiger partial charge in [0.2, 0.25) is 5.91 Å². The Bertz CT molecular complexity index is 7540. The first-order chi connectivity index (χ1) is 68.0. The highest BCUT2D eigenvalue weighted by Gasteiger charge is 2.42. The molecule has 4 aliphatic heterocycles. The van der Waals surface area contributed by atoms with Gasteiger partial charge in [-0.2, -0.15) is 75.9 Å². The number of H-pyrrole nitrogens is 1. The van der Waals surface area contributed by atoms with Crippen LogP contribution in [0, 0.1) is 0 Å². The van der Waals surface area contributed by atoms with Crippen molar-refractivity contribution < 1.29 is 102 Å². The second-order valence-corrected chi connectivity index (χ2v) is 32.4. The Morgan fingerprint density at radius 2 is 0.752 bits per heavy atom. The number of nitrogens with zero attached hydrogens (tertiary/aromatic N) is 22. The van der Waals surface area contributed by atoms with Crippen LogP contribution in [0.1, 0.15) is 78.8 Å². The molecule has 42 nitrogen and oxygen atoms in total. The lowest BCUT2D eigenvalue weighted by Gasteiger charge is -2.34. The number of carbonyl (C=O) groups excluding carboxylic acids is 7. The maximum atomic E-state index is 13.3. The van der Waals surface area contributed by atoms with E-state index in [1.807, 2.05) is 0 Å². The number of alkyl halides is 8. The number of fused-ring (bicyclic) bond motifs is 4. The third kappa shape index (κ3) is 20.2. The topological polar surface area (TPSA) is 465 Å². The van der Waals surface area contributed by atoms with Crippen LogP contribution >= 0.6 is 46.4 Å². The van der Waals surface area contributed by atoms with Gasteiger partial charge in [0.05, 0.1) is 105 Å². The fraction of sp³-hybridized carbons (Fsp3) is 0.195. The summed E-state index contributed by atoms with van der Waals surface area (Å²) >= 11 is 24.5. The summed E-state index contributed by atoms with van der Waals surface area (Å²) in [5.41, 5.74) is 2.98. The third-order valence-corrected chi connectivity index (χ3v) is 22.8. The number of esters is 2. The van der Waals surface area contributed by atoms with Gasteiger partial charge >= 0.3 is 38.4 Å². The van der Waals surface area contributed by atoms with E-state index in [1.54, 1.807) is 54.0 Å². The van der Waals surface area contributed by atoms with Gasteiger partial charge in [0.1, 0.15) is 79.8 Å². The van der Waals surface area contributed by atoms with Gasteiger partial charge in [-0.05, 0) is 103 Å². The molecular weight excluding hydrogens is 1960 g/mol. The predicted molar refractivity (Wildman–Crippen MR) is 481 cm³/mol. The summed E-state index contributed by atoms with van der Waals surface area (Å²) in [5, 5.41) is 48.7. The molecule has 0 radical (unpaired) electrons. The minimum Gasteiger partial charge on any atom is -0.464 e. The molecule has 1 unspecified atom stereocenters. The fourth-order valence-electron chi connectivity index (χ4n) is 15.3. The minimum atomic E-state index is -3.11. The molecule has 54 heteroatoms. The molecule has 13 aromatic heterocycles. The number of aryl methyl sites for hydroxylation is 1. The van der Waals surface area contributed by atoms with Gasteiger partial charge in [0.25, 0.3) is 29.2 Å². The van der Waals surface area contributed by atoms with Gasteiger partial charge in [-0.3, -0.25) is 47.5 Å². The molecule has 4 aromatic carbocycles. The van der Waals surface area contributed by atoms with Crippen molar-refractivity contribution in [1.82, 2.24) is 112 Å². The van der Waals surface area contributed by atoms with Crippen molar-refractivity contribution >= 4 is 133 Å². The maximum Gasteiger partial charge on any atom is 0.387 e. The molecule has 5 N–H and O–H groups in total. The number of benzene rings is 4. The molecule has 0 bridgehead atoms. The Balaban J connectivity index is 0.000000124. The van der Waals surface area contributed by atoms with E-state index in [4.69, 9.17) is 65.4 Å². The monoisotopic (exact) mass is 2020 g/mol. The third-order valence-electron chi connectivity index (χ3n) is 21.9. The van der Waals surface area contributed by atoms with Gasteiger partial charge in [0.15, 0.2) is 34.7 Å². The van der Waals surface area contributed by atoms with Crippen LogP contribution in [0.25, 0.3) is 73.3 Å². The highest BCUT2D eigenvalue weighted by Crippen LogP contribution is 2.45. The van der Waals surface area contributed by atoms with Crippen molar-refractivity contribution in [3.63, 3.8) is 0 Å². The maximum absolute atomic E-state index is 13.3. The van der Waals surface area contributed by atoms with Gasteiger partial charge < -0.3 is 64.4 Å². The number of likely N-dealkylation sites (tertiary alicyclic amines) is 1. The van der Waals surface area contributed by atoms with Gasteiger partial charge in [0, 0.05) is 125 Å². The van der Waals surface area contributed by atoms with Crippen LogP contribution in [0.4, 0.5) is 57.9 Å². The Morgan fingerprint density at radius 1 is 0.433 bits per heavy atom. The second-order valence-electron chi connectivity index (χ2n) is 30.6. The lowest BCUT2D eigenvalue weighted by Crippen LogP contribution is -2.50. The van der Waals surface area contributed by atoms with Gasteiger partial charge in [-0.15, -0.1) is 0 Å². The van der Waals surface area contributed by atoms with E-state index in [9.17, 15) is 73.5 Å². The molecule has 5 amide bonds. The number of halogens is 12. The van der Waals surface area contributed by atoms with Gasteiger partial charge in [-0.1, -0.05) is 46.4 Å². The lowest BCUT2D eigenvalue weighted by molar-refractivity contribution is -0.142. The molecule has 141 heavy (non-hydrogen) atoms. The summed E-state index contributed by atoms with van der Waals surface area (Å²) in [6.45, 7) is -10.5. The van der Waals surface area contributed by atoms with E-state index < -0.39 is 85.7 Å². The highest BCUT2D eigenvalue weighted by atomic mass is 35.5. The average Bonchev–Trinajstić information content (AvgIpc) is 1.62. The average molecular weight is 2020 g/mol. The number of hydrogen-bond donors (Lipinski definition) is 5. The van der Waals surface area contributed by atoms with E-state index in [0.29, 0.717) is 61.6 Å². The number of hydrogen-bond acceptors (Lipinski definition) is 27. The molecule has 0 aliphatic carbocycles. The van der Waals surface area contributed by atoms with E-state index in [-0.39, 0.29) is 164 Å². The van der Waals surface area contributed by atoms with Crippen LogP contribution in [-0.4, -0.2) is 219 Å². The van der Waals surface area contributed by atoms with Gasteiger partial charge in [-0.25, -0.2) is 52.3 Å². The van der Waals surface area contributed by atoms with Crippen LogP contribution in [-0.2, 0) is 35.6 Å². The number of carbonyl (C=O) groups is 7. The molecule has 3 atom stereocenters. The standard InChI is InChI=1S/C24H20ClF2N7O4.C21H15ClF2N8O3.2C21H15ClF2N6O4/c25-13-2-3-19(38-24(26)27)15(8-13)20-17(30-22(35)16-9-29-33-6-1-5-28-21(16)33)10-34(31-20)18-4-7-32(23(18)36)14-11-37-12-14;1-30-20(34)15(9-26-30)32-10-14(28-19(33)13-8-27-31-6-2-5-25-18(13)31)17(29-32)12-7-11(22)3-4-16(12)35-21(23)24;2*22-11-2-3-16(34-21(23)24)12(8-11)17-14(10-30(28-17)15-4-7-33-20(15)32)27-19(31)13-9-26-29-6-1-5-25-18(13)29/h1-3,5-6,8-10,14,18,24H,4,7,11-12H2,(H,30,35);2-10,21,26H,1H3,(H,28,33);2*1-3,5-6,8-10,15,21H,4,7H2,(H,27,31)/t18-;;15-;/m1.0./s1. The molecular formula is C87H65Cl4F8N27O15. The van der Waals surface area contributed by atoms with E-state index >= 15 is 0 Å². The Morgan fingerprint density at radius 3 is 1.04 bits per heavy atom. The first-order valence-corrected chi connectivity index (χ1v) is 43.2. The highest BCUT2D eigenvalue weighted by molar-refractivity contribution is 6.32. The van der Waals surface area contributed by atoms with Crippen molar-refractivity contribution in [3.05, 3.63) is 255 Å². The summed E-state index contributed by atoms with van der Waals surface area (Å²) in [6.07, 6.45) is 26.4. The zero-order chi connectivity index (χ0) is 98.7. The number of anilines is 4. The minimum absolute atomic E-state index is 0.0174. The molecule has 17 aromatic rings. The number of nitrogens with one attached hydrogen (secondary N) is 5. The van der Waals surface area contributed by atoms with Crippen LogP contribution in [0.15, 0.2) is 207 Å². The summed E-state index contributed by atoms with van der Waals surface area (Å²) in [7, 11) is 1.52. The van der Waals surface area contributed by atoms with Crippen molar-refractivity contribution in [2.75, 3.05) is 54.2 Å². The molecule has 722 valence electrons. The fourth-order valence-corrected chi connectivity index (χ4v) is 16.0. The summed E-state index contributed by atoms with van der Waals surface area (Å²) < 4.78 is 151. The van der Waals surface area contributed by atoms with E-state index in [2.05, 4.69) is 101 Å². The number of aromatic amines is 1. The number of amides is 5. The van der Waals surface area contributed by atoms with Crippen molar-refractivity contribution in [1.29, 1.82) is 0 Å². The molecule has 17 heterocycles. The van der Waals surface area contributed by atoms with E-state index in [1.165, 1.54) is 202 Å².